The highest BCUT2D eigenvalue weighted by molar-refractivity contribution is 5.79. The molecule has 0 unspecified atom stereocenters. The fourth-order valence-corrected chi connectivity index (χ4v) is 1.96. The smallest absolute Gasteiger partial charge is 0.205 e. The number of nitrogens with one attached hydrogen (secondary N) is 2. The summed E-state index contributed by atoms with van der Waals surface area (Å²) in [6.07, 6.45) is 0.939. The van der Waals surface area contributed by atoms with Crippen molar-refractivity contribution in [2.75, 3.05) is 26.8 Å². The molecule has 0 fully saturated rings. The molecule has 0 aromatic carbocycles. The minimum Gasteiger partial charge on any atom is -0.385 e. The molecule has 108 valence electrons. The van der Waals surface area contributed by atoms with Crippen molar-refractivity contribution >= 4 is 5.96 Å². The number of nitrogens with two attached hydrogens (primary N) is 1. The highest BCUT2D eigenvalue weighted by atomic mass is 16.5. The Labute approximate surface area is 112 Å². The highest BCUT2D eigenvalue weighted by Gasteiger charge is 2.16. The molecule has 0 aliphatic carbocycles. The van der Waals surface area contributed by atoms with E-state index in [1.54, 1.807) is 7.11 Å². The van der Waals surface area contributed by atoms with Crippen LogP contribution in [0.25, 0.3) is 0 Å². The molecule has 18 heavy (non-hydrogen) atoms. The summed E-state index contributed by atoms with van der Waals surface area (Å²) >= 11 is 0. The van der Waals surface area contributed by atoms with Crippen LogP contribution in [0.1, 0.15) is 34.1 Å². The number of guanidine groups is 1. The maximum Gasteiger partial charge on any atom is 0.205 e. The van der Waals surface area contributed by atoms with E-state index in [-0.39, 0.29) is 0 Å². The topological polar surface area (TPSA) is 71.7 Å². The van der Waals surface area contributed by atoms with Crippen molar-refractivity contribution < 1.29 is 4.74 Å². The third-order valence-corrected chi connectivity index (χ3v) is 3.13. The van der Waals surface area contributed by atoms with Crippen LogP contribution < -0.4 is 16.6 Å². The van der Waals surface area contributed by atoms with Gasteiger partial charge in [0.25, 0.3) is 0 Å². The van der Waals surface area contributed by atoms with Gasteiger partial charge in [0.1, 0.15) is 0 Å². The van der Waals surface area contributed by atoms with Crippen molar-refractivity contribution in [3.8, 4) is 0 Å². The van der Waals surface area contributed by atoms with Gasteiger partial charge in [-0.3, -0.25) is 10.4 Å². The SMILES string of the molecule is COCCCNC(=NCC(C(C)C)C(C)C)NN. The van der Waals surface area contributed by atoms with Gasteiger partial charge in [0, 0.05) is 26.8 Å². The highest BCUT2D eigenvalue weighted by Crippen LogP contribution is 2.20. The summed E-state index contributed by atoms with van der Waals surface area (Å²) in [5.41, 5.74) is 2.61. The number of hydrogen-bond donors (Lipinski definition) is 3. The molecule has 0 rings (SSSR count). The predicted octanol–water partition coefficient (Wildman–Crippen LogP) is 1.36. The first kappa shape index (κ1) is 17.2. The van der Waals surface area contributed by atoms with Crippen molar-refractivity contribution in [3.63, 3.8) is 0 Å². The molecular formula is C13H30N4O. The van der Waals surface area contributed by atoms with E-state index >= 15 is 0 Å². The molecule has 0 amide bonds. The first-order valence-electron chi connectivity index (χ1n) is 6.76. The second-order valence-corrected chi connectivity index (χ2v) is 5.26. The van der Waals surface area contributed by atoms with Gasteiger partial charge < -0.3 is 10.1 Å². The molecule has 0 atom stereocenters. The fourth-order valence-electron chi connectivity index (χ4n) is 1.96. The molecule has 0 heterocycles. The summed E-state index contributed by atoms with van der Waals surface area (Å²) in [5, 5.41) is 3.17. The second kappa shape index (κ2) is 10.1. The maximum atomic E-state index is 5.45. The fraction of sp³-hybridized carbons (Fsp3) is 0.923. The maximum absolute atomic E-state index is 5.45. The number of aliphatic imine (C=N–C) groups is 1. The molecule has 0 saturated carbocycles. The molecule has 0 aliphatic heterocycles. The minimum atomic E-state index is 0.578. The zero-order valence-electron chi connectivity index (χ0n) is 12.5. The number of nitrogens with zero attached hydrogens (tertiary/aromatic N) is 1. The normalized spacial score (nSPS) is 12.6. The van der Waals surface area contributed by atoms with Crippen molar-refractivity contribution in [2.24, 2.45) is 28.6 Å². The minimum absolute atomic E-state index is 0.578. The molecule has 0 aliphatic rings. The number of ether oxygens (including phenoxy) is 1. The molecule has 0 spiro atoms. The van der Waals surface area contributed by atoms with Crippen LogP contribution in [0.4, 0.5) is 0 Å². The molecular weight excluding hydrogens is 228 g/mol. The van der Waals surface area contributed by atoms with E-state index in [0.717, 1.165) is 26.1 Å². The van der Waals surface area contributed by atoms with Gasteiger partial charge in [-0.1, -0.05) is 27.7 Å². The summed E-state index contributed by atoms with van der Waals surface area (Å²) in [6, 6.07) is 0. The average molecular weight is 258 g/mol. The van der Waals surface area contributed by atoms with Crippen LogP contribution in [0.3, 0.4) is 0 Å². The van der Waals surface area contributed by atoms with Gasteiger partial charge in [0.15, 0.2) is 0 Å². The van der Waals surface area contributed by atoms with Crippen molar-refractivity contribution in [1.29, 1.82) is 0 Å². The van der Waals surface area contributed by atoms with Crippen LogP contribution >= 0.6 is 0 Å². The van der Waals surface area contributed by atoms with Crippen LogP contribution in [-0.4, -0.2) is 32.8 Å². The Morgan fingerprint density at radius 3 is 2.28 bits per heavy atom. The third kappa shape index (κ3) is 7.50. The third-order valence-electron chi connectivity index (χ3n) is 3.13. The zero-order valence-corrected chi connectivity index (χ0v) is 12.5. The number of hydrazine groups is 1. The molecule has 4 N–H and O–H groups in total. The molecule has 0 aromatic heterocycles. The predicted molar refractivity (Wildman–Crippen MR) is 77.3 cm³/mol. The second-order valence-electron chi connectivity index (χ2n) is 5.26. The van der Waals surface area contributed by atoms with Gasteiger partial charge in [-0.05, 0) is 24.2 Å². The van der Waals surface area contributed by atoms with Crippen LogP contribution in [0.15, 0.2) is 4.99 Å². The quantitative estimate of drug-likeness (QED) is 0.202. The van der Waals surface area contributed by atoms with Gasteiger partial charge in [0.05, 0.1) is 0 Å². The van der Waals surface area contributed by atoms with Crippen LogP contribution in [0.5, 0.6) is 0 Å². The zero-order chi connectivity index (χ0) is 14.0. The Balaban J connectivity index is 4.15. The van der Waals surface area contributed by atoms with E-state index < -0.39 is 0 Å². The van der Waals surface area contributed by atoms with E-state index in [0.29, 0.717) is 23.7 Å². The molecule has 0 radical (unpaired) electrons. The lowest BCUT2D eigenvalue weighted by Crippen LogP contribution is -2.42. The standard InChI is InChI=1S/C13H30N4O/c1-10(2)12(11(3)4)9-16-13(17-14)15-7-6-8-18-5/h10-12H,6-9,14H2,1-5H3,(H2,15,16,17). The molecule has 5 nitrogen and oxygen atoms in total. The number of rotatable bonds is 8. The van der Waals surface area contributed by atoms with E-state index in [1.807, 2.05) is 0 Å². The Morgan fingerprint density at radius 1 is 1.22 bits per heavy atom. The van der Waals surface area contributed by atoms with Gasteiger partial charge >= 0.3 is 0 Å². The van der Waals surface area contributed by atoms with Crippen molar-refractivity contribution in [3.05, 3.63) is 0 Å². The average Bonchev–Trinajstić information content (AvgIpc) is 2.31. The molecule has 0 aromatic rings. The molecule has 0 saturated heterocycles. The Hall–Kier alpha value is -0.810. The van der Waals surface area contributed by atoms with E-state index in [9.17, 15) is 0 Å². The van der Waals surface area contributed by atoms with Gasteiger partial charge in [-0.2, -0.15) is 0 Å². The Bertz CT molecular complexity index is 221. The van der Waals surface area contributed by atoms with Gasteiger partial charge in [-0.15, -0.1) is 0 Å². The van der Waals surface area contributed by atoms with Gasteiger partial charge in [0.2, 0.25) is 5.96 Å². The van der Waals surface area contributed by atoms with Crippen LogP contribution in [-0.2, 0) is 4.74 Å². The first-order valence-corrected chi connectivity index (χ1v) is 6.76. The van der Waals surface area contributed by atoms with E-state index in [2.05, 4.69) is 43.4 Å². The summed E-state index contributed by atoms with van der Waals surface area (Å²) in [5.74, 6) is 7.95. The lowest BCUT2D eigenvalue weighted by Gasteiger charge is -2.23. The van der Waals surface area contributed by atoms with Gasteiger partial charge in [-0.25, -0.2) is 5.84 Å². The van der Waals surface area contributed by atoms with Crippen molar-refractivity contribution in [1.82, 2.24) is 10.7 Å². The largest absolute Gasteiger partial charge is 0.385 e. The number of methoxy groups -OCH3 is 1. The Kier molecular flexibility index (Phi) is 9.69. The van der Waals surface area contributed by atoms with Crippen LogP contribution in [0, 0.1) is 17.8 Å². The van der Waals surface area contributed by atoms with Crippen molar-refractivity contribution in [2.45, 2.75) is 34.1 Å². The summed E-state index contributed by atoms with van der Waals surface area (Å²) < 4.78 is 4.99. The molecule has 0 bridgehead atoms. The lowest BCUT2D eigenvalue weighted by atomic mass is 9.86. The van der Waals surface area contributed by atoms with Crippen LogP contribution in [0.2, 0.25) is 0 Å². The summed E-state index contributed by atoms with van der Waals surface area (Å²) in [7, 11) is 1.70. The summed E-state index contributed by atoms with van der Waals surface area (Å²) in [6.45, 7) is 11.3. The number of hydrogen-bond acceptors (Lipinski definition) is 3. The summed E-state index contributed by atoms with van der Waals surface area (Å²) in [4.78, 5) is 4.51. The lowest BCUT2D eigenvalue weighted by molar-refractivity contribution is 0.195. The van der Waals surface area contributed by atoms with E-state index in [4.69, 9.17) is 10.6 Å². The first-order chi connectivity index (χ1) is 8.52. The Morgan fingerprint density at radius 2 is 1.83 bits per heavy atom. The van der Waals surface area contributed by atoms with E-state index in [1.165, 1.54) is 0 Å². The monoisotopic (exact) mass is 258 g/mol. The molecule has 5 heteroatoms.